The van der Waals surface area contributed by atoms with E-state index in [-0.39, 0.29) is 6.10 Å². The van der Waals surface area contributed by atoms with Crippen molar-refractivity contribution in [3.8, 4) is 5.75 Å². The van der Waals surface area contributed by atoms with Crippen molar-refractivity contribution in [1.29, 1.82) is 0 Å². The zero-order valence-electron chi connectivity index (χ0n) is 9.36. The van der Waals surface area contributed by atoms with Gasteiger partial charge in [-0.3, -0.25) is 0 Å². The first-order valence-electron chi connectivity index (χ1n) is 5.28. The Hall–Kier alpha value is -1.06. The zero-order valence-corrected chi connectivity index (χ0v) is 9.36. The molecule has 1 aromatic carbocycles. The number of hydrogen-bond donors (Lipinski definition) is 2. The van der Waals surface area contributed by atoms with Crippen molar-refractivity contribution >= 4 is 0 Å². The standard InChI is InChI=1S/C12H19NO2/c1-3-11(14)9-13-8-10-4-6-12(15-2)7-5-10/h4-7,11,13-14H,3,8-9H2,1-2H3/t11-/m1/s1. The fourth-order valence-corrected chi connectivity index (χ4v) is 1.27. The van der Waals surface area contributed by atoms with Crippen LogP contribution in [-0.4, -0.2) is 24.9 Å². The number of aliphatic hydroxyl groups is 1. The van der Waals surface area contributed by atoms with Gasteiger partial charge in [0.05, 0.1) is 13.2 Å². The summed E-state index contributed by atoms with van der Waals surface area (Å²) in [5.41, 5.74) is 1.19. The normalized spacial score (nSPS) is 12.5. The fraction of sp³-hybridized carbons (Fsp3) is 0.500. The molecule has 1 atom stereocenters. The van der Waals surface area contributed by atoms with Gasteiger partial charge in [-0.1, -0.05) is 19.1 Å². The lowest BCUT2D eigenvalue weighted by atomic mass is 10.2. The summed E-state index contributed by atoms with van der Waals surface area (Å²) in [5.74, 6) is 0.868. The zero-order chi connectivity index (χ0) is 11.1. The molecule has 3 nitrogen and oxygen atoms in total. The summed E-state index contributed by atoms with van der Waals surface area (Å²) in [7, 11) is 1.66. The van der Waals surface area contributed by atoms with Gasteiger partial charge in [-0.2, -0.15) is 0 Å². The number of benzene rings is 1. The van der Waals surface area contributed by atoms with Crippen molar-refractivity contribution < 1.29 is 9.84 Å². The molecule has 0 saturated carbocycles. The van der Waals surface area contributed by atoms with Crippen molar-refractivity contribution in [2.24, 2.45) is 0 Å². The molecule has 0 aliphatic heterocycles. The lowest BCUT2D eigenvalue weighted by molar-refractivity contribution is 0.167. The molecule has 0 aliphatic carbocycles. The second-order valence-electron chi connectivity index (χ2n) is 3.54. The summed E-state index contributed by atoms with van der Waals surface area (Å²) in [6, 6.07) is 7.91. The molecule has 0 saturated heterocycles. The molecule has 0 fully saturated rings. The van der Waals surface area contributed by atoms with Crippen LogP contribution in [0.3, 0.4) is 0 Å². The summed E-state index contributed by atoms with van der Waals surface area (Å²) in [5, 5.41) is 12.5. The number of methoxy groups -OCH3 is 1. The average molecular weight is 209 g/mol. The molecule has 0 unspecified atom stereocenters. The largest absolute Gasteiger partial charge is 0.497 e. The van der Waals surface area contributed by atoms with Gasteiger partial charge in [-0.05, 0) is 24.1 Å². The van der Waals surface area contributed by atoms with Crippen LogP contribution in [0.5, 0.6) is 5.75 Å². The maximum atomic E-state index is 9.34. The summed E-state index contributed by atoms with van der Waals surface area (Å²) >= 11 is 0. The van der Waals surface area contributed by atoms with Crippen molar-refractivity contribution in [3.63, 3.8) is 0 Å². The van der Waals surface area contributed by atoms with Crippen LogP contribution in [0.15, 0.2) is 24.3 Å². The SMILES string of the molecule is CC[C@@H](O)CNCc1ccc(OC)cc1. The first-order valence-corrected chi connectivity index (χ1v) is 5.28. The van der Waals surface area contributed by atoms with E-state index in [0.29, 0.717) is 6.54 Å². The molecule has 0 bridgehead atoms. The Morgan fingerprint density at radius 2 is 2.00 bits per heavy atom. The Bertz CT molecular complexity index is 271. The monoisotopic (exact) mass is 209 g/mol. The Balaban J connectivity index is 2.31. The van der Waals surface area contributed by atoms with E-state index in [4.69, 9.17) is 4.74 Å². The number of hydrogen-bond acceptors (Lipinski definition) is 3. The number of aliphatic hydroxyl groups excluding tert-OH is 1. The predicted octanol–water partition coefficient (Wildman–Crippen LogP) is 1.56. The van der Waals surface area contributed by atoms with Gasteiger partial charge in [0.25, 0.3) is 0 Å². The van der Waals surface area contributed by atoms with Crippen molar-refractivity contribution in [3.05, 3.63) is 29.8 Å². The summed E-state index contributed by atoms with van der Waals surface area (Å²) < 4.78 is 5.07. The van der Waals surface area contributed by atoms with E-state index in [1.165, 1.54) is 5.56 Å². The molecule has 0 aromatic heterocycles. The Kier molecular flexibility index (Phi) is 5.15. The van der Waals surface area contributed by atoms with Gasteiger partial charge in [-0.15, -0.1) is 0 Å². The molecule has 0 spiro atoms. The second kappa shape index (κ2) is 6.43. The van der Waals surface area contributed by atoms with Gasteiger partial charge < -0.3 is 15.2 Å². The lowest BCUT2D eigenvalue weighted by Gasteiger charge is -2.09. The van der Waals surface area contributed by atoms with Gasteiger partial charge in [-0.25, -0.2) is 0 Å². The maximum Gasteiger partial charge on any atom is 0.118 e. The highest BCUT2D eigenvalue weighted by atomic mass is 16.5. The molecular formula is C12H19NO2. The molecule has 1 aromatic rings. The molecule has 0 heterocycles. The van der Waals surface area contributed by atoms with Crippen LogP contribution in [0.25, 0.3) is 0 Å². The second-order valence-corrected chi connectivity index (χ2v) is 3.54. The maximum absolute atomic E-state index is 9.34. The van der Waals surface area contributed by atoms with E-state index in [1.54, 1.807) is 7.11 Å². The Morgan fingerprint density at radius 3 is 2.53 bits per heavy atom. The lowest BCUT2D eigenvalue weighted by Crippen LogP contribution is -2.25. The van der Waals surface area contributed by atoms with E-state index in [1.807, 2.05) is 31.2 Å². The van der Waals surface area contributed by atoms with Gasteiger partial charge in [0, 0.05) is 13.1 Å². The van der Waals surface area contributed by atoms with Crippen LogP contribution in [0, 0.1) is 0 Å². The minimum absolute atomic E-state index is 0.247. The first kappa shape index (κ1) is 12.0. The van der Waals surface area contributed by atoms with Gasteiger partial charge >= 0.3 is 0 Å². The molecule has 15 heavy (non-hydrogen) atoms. The predicted molar refractivity (Wildman–Crippen MR) is 61.0 cm³/mol. The third-order valence-corrected chi connectivity index (χ3v) is 2.34. The van der Waals surface area contributed by atoms with E-state index in [2.05, 4.69) is 5.32 Å². The summed E-state index contributed by atoms with van der Waals surface area (Å²) in [6.45, 7) is 3.39. The fourth-order valence-electron chi connectivity index (χ4n) is 1.27. The minimum atomic E-state index is -0.247. The number of nitrogens with one attached hydrogen (secondary N) is 1. The Morgan fingerprint density at radius 1 is 1.33 bits per heavy atom. The van der Waals surface area contributed by atoms with Gasteiger partial charge in [0.2, 0.25) is 0 Å². The highest BCUT2D eigenvalue weighted by Gasteiger charge is 1.99. The third-order valence-electron chi connectivity index (χ3n) is 2.34. The molecule has 2 N–H and O–H groups in total. The van der Waals surface area contributed by atoms with Crippen LogP contribution in [0.1, 0.15) is 18.9 Å². The van der Waals surface area contributed by atoms with Gasteiger partial charge in [0.15, 0.2) is 0 Å². The smallest absolute Gasteiger partial charge is 0.118 e. The van der Waals surface area contributed by atoms with Crippen LogP contribution < -0.4 is 10.1 Å². The van der Waals surface area contributed by atoms with Crippen LogP contribution in [0.2, 0.25) is 0 Å². The minimum Gasteiger partial charge on any atom is -0.497 e. The van der Waals surface area contributed by atoms with Crippen molar-refractivity contribution in [1.82, 2.24) is 5.32 Å². The van der Waals surface area contributed by atoms with E-state index < -0.39 is 0 Å². The van der Waals surface area contributed by atoms with Crippen LogP contribution in [-0.2, 0) is 6.54 Å². The molecule has 84 valence electrons. The Labute approximate surface area is 91.1 Å². The average Bonchev–Trinajstić information content (AvgIpc) is 2.29. The summed E-state index contributed by atoms with van der Waals surface area (Å²) in [6.07, 6.45) is 0.540. The molecular weight excluding hydrogens is 190 g/mol. The molecule has 1 rings (SSSR count). The molecule has 3 heteroatoms. The highest BCUT2D eigenvalue weighted by molar-refractivity contribution is 5.26. The molecule has 0 radical (unpaired) electrons. The van der Waals surface area contributed by atoms with Crippen molar-refractivity contribution in [2.75, 3.05) is 13.7 Å². The molecule has 0 amide bonds. The number of rotatable bonds is 6. The third kappa shape index (κ3) is 4.32. The first-order chi connectivity index (χ1) is 7.26. The highest BCUT2D eigenvalue weighted by Crippen LogP contribution is 2.10. The molecule has 0 aliphatic rings. The van der Waals surface area contributed by atoms with E-state index in [9.17, 15) is 5.11 Å². The van der Waals surface area contributed by atoms with Crippen LogP contribution in [0.4, 0.5) is 0 Å². The van der Waals surface area contributed by atoms with Crippen LogP contribution >= 0.6 is 0 Å². The topological polar surface area (TPSA) is 41.5 Å². The summed E-state index contributed by atoms with van der Waals surface area (Å²) in [4.78, 5) is 0. The quantitative estimate of drug-likeness (QED) is 0.747. The van der Waals surface area contributed by atoms with Gasteiger partial charge in [0.1, 0.15) is 5.75 Å². The van der Waals surface area contributed by atoms with Crippen molar-refractivity contribution in [2.45, 2.75) is 26.0 Å². The van der Waals surface area contributed by atoms with E-state index in [0.717, 1.165) is 18.7 Å². The number of ether oxygens (including phenoxy) is 1. The van der Waals surface area contributed by atoms with E-state index >= 15 is 0 Å².